The van der Waals surface area contributed by atoms with Gasteiger partial charge in [0, 0.05) is 20.3 Å². The number of ether oxygens (including phenoxy) is 4. The molecule has 3 aromatic rings. The predicted octanol–water partition coefficient (Wildman–Crippen LogP) is 6.10. The first-order chi connectivity index (χ1) is 14.9. The van der Waals surface area contributed by atoms with Crippen LogP contribution in [0.1, 0.15) is 29.8 Å². The molecule has 160 valence electrons. The van der Waals surface area contributed by atoms with Gasteiger partial charge in [-0.25, -0.2) is 4.79 Å². The van der Waals surface area contributed by atoms with E-state index in [9.17, 15) is 4.79 Å². The van der Waals surface area contributed by atoms with Crippen LogP contribution < -0.4 is 14.2 Å². The van der Waals surface area contributed by atoms with Gasteiger partial charge in [-0.15, -0.1) is 0 Å². The minimum Gasteiger partial charge on any atom is -0.493 e. The molecule has 3 aromatic carbocycles. The van der Waals surface area contributed by atoms with Crippen molar-refractivity contribution in [2.24, 2.45) is 0 Å². The number of benzene rings is 3. The van der Waals surface area contributed by atoms with Gasteiger partial charge in [-0.05, 0) is 77.9 Å². The van der Waals surface area contributed by atoms with Gasteiger partial charge in [0.25, 0.3) is 0 Å². The molecule has 31 heavy (non-hydrogen) atoms. The second-order valence-corrected chi connectivity index (χ2v) is 8.64. The lowest BCUT2D eigenvalue weighted by molar-refractivity contribution is 0.0601. The number of carbonyl (C=O) groups is 1. The Labute approximate surface area is 195 Å². The van der Waals surface area contributed by atoms with E-state index < -0.39 is 5.97 Å². The van der Waals surface area contributed by atoms with Crippen molar-refractivity contribution in [1.82, 2.24) is 0 Å². The number of hydrogen-bond donors (Lipinski definition) is 0. The molecule has 1 aliphatic rings. The van der Waals surface area contributed by atoms with Crippen LogP contribution in [0.2, 0.25) is 0 Å². The van der Waals surface area contributed by atoms with Crippen molar-refractivity contribution in [1.29, 1.82) is 0 Å². The van der Waals surface area contributed by atoms with Crippen LogP contribution in [-0.4, -0.2) is 26.3 Å². The highest BCUT2D eigenvalue weighted by atomic mass is 127. The Morgan fingerprint density at radius 3 is 2.42 bits per heavy atom. The normalized spacial score (nSPS) is 11.9. The van der Waals surface area contributed by atoms with Crippen LogP contribution in [0, 0.1) is 3.57 Å². The molecule has 0 aliphatic carbocycles. The van der Waals surface area contributed by atoms with Gasteiger partial charge in [0.05, 0.1) is 25.9 Å². The topological polar surface area (TPSA) is 54.0 Å². The highest BCUT2D eigenvalue weighted by Gasteiger charge is 2.26. The Kier molecular flexibility index (Phi) is 6.09. The molecule has 0 amide bonds. The van der Waals surface area contributed by atoms with Crippen molar-refractivity contribution in [3.05, 3.63) is 63.2 Å². The van der Waals surface area contributed by atoms with Crippen molar-refractivity contribution < 1.29 is 23.7 Å². The lowest BCUT2D eigenvalue weighted by Gasteiger charge is -2.25. The molecule has 6 heteroatoms. The van der Waals surface area contributed by atoms with Gasteiger partial charge in [0.1, 0.15) is 12.4 Å². The molecule has 1 aliphatic heterocycles. The molecular weight excluding hydrogens is 507 g/mol. The zero-order valence-corrected chi connectivity index (χ0v) is 20.0. The third-order valence-electron chi connectivity index (χ3n) is 5.11. The van der Waals surface area contributed by atoms with Crippen LogP contribution in [0.15, 0.2) is 48.5 Å². The first-order valence-corrected chi connectivity index (χ1v) is 11.0. The summed E-state index contributed by atoms with van der Waals surface area (Å²) in [6.45, 7) is 4.35. The minimum absolute atomic E-state index is 0.0191. The number of carbonyl (C=O) groups excluding carboxylic acids is 1. The number of hydrogen-bond acceptors (Lipinski definition) is 5. The molecule has 0 aromatic heterocycles. The molecule has 5 nitrogen and oxygen atoms in total. The van der Waals surface area contributed by atoms with Crippen LogP contribution in [-0.2, 0) is 11.3 Å². The Hall–Kier alpha value is -2.74. The lowest BCUT2D eigenvalue weighted by atomic mass is 9.90. The maximum Gasteiger partial charge on any atom is 0.338 e. The number of fused-ring (bicyclic) bond motifs is 3. The van der Waals surface area contributed by atoms with E-state index in [1.54, 1.807) is 7.11 Å². The fourth-order valence-corrected chi connectivity index (χ4v) is 4.40. The van der Waals surface area contributed by atoms with Gasteiger partial charge < -0.3 is 18.9 Å². The monoisotopic (exact) mass is 530 g/mol. The average molecular weight is 530 g/mol. The molecular formula is C25H23IO5. The number of methoxy groups -OCH3 is 2. The molecule has 0 N–H and O–H groups in total. The van der Waals surface area contributed by atoms with E-state index in [0.717, 1.165) is 37.1 Å². The Morgan fingerprint density at radius 2 is 1.74 bits per heavy atom. The molecule has 0 fully saturated rings. The first-order valence-electron chi connectivity index (χ1n) is 9.95. The highest BCUT2D eigenvalue weighted by molar-refractivity contribution is 14.1. The van der Waals surface area contributed by atoms with Crippen LogP contribution >= 0.6 is 22.6 Å². The molecule has 0 bridgehead atoms. The summed E-state index contributed by atoms with van der Waals surface area (Å²) in [7, 11) is 3.01. The largest absolute Gasteiger partial charge is 0.493 e. The third kappa shape index (κ3) is 4.08. The Balaban J connectivity index is 1.92. The van der Waals surface area contributed by atoms with E-state index in [0.29, 0.717) is 23.7 Å². The van der Waals surface area contributed by atoms with Gasteiger partial charge in [0.2, 0.25) is 0 Å². The number of esters is 1. The van der Waals surface area contributed by atoms with Crippen molar-refractivity contribution in [3.63, 3.8) is 0 Å². The van der Waals surface area contributed by atoms with Gasteiger partial charge in [-0.1, -0.05) is 18.2 Å². The van der Waals surface area contributed by atoms with Gasteiger partial charge >= 0.3 is 5.97 Å². The van der Waals surface area contributed by atoms with Crippen LogP contribution in [0.5, 0.6) is 17.2 Å². The first kappa shape index (κ1) is 21.5. The Morgan fingerprint density at radius 1 is 0.968 bits per heavy atom. The predicted molar refractivity (Wildman–Crippen MR) is 128 cm³/mol. The summed E-state index contributed by atoms with van der Waals surface area (Å²) >= 11 is 2.27. The van der Waals surface area contributed by atoms with Crippen molar-refractivity contribution in [2.45, 2.75) is 26.6 Å². The molecule has 0 radical (unpaired) electrons. The molecule has 0 saturated carbocycles. The fourth-order valence-electron chi connectivity index (χ4n) is 3.72. The van der Waals surface area contributed by atoms with E-state index >= 15 is 0 Å². The minimum atomic E-state index is -0.392. The van der Waals surface area contributed by atoms with E-state index in [2.05, 4.69) is 22.6 Å². The molecule has 4 rings (SSSR count). The summed E-state index contributed by atoms with van der Waals surface area (Å²) in [5.74, 6) is 1.64. The molecule has 1 heterocycles. The molecule has 0 atom stereocenters. The quantitative estimate of drug-likeness (QED) is 0.295. The second-order valence-electron chi connectivity index (χ2n) is 7.48. The van der Waals surface area contributed by atoms with E-state index in [1.165, 1.54) is 7.11 Å². The molecule has 0 unspecified atom stereocenters. The van der Waals surface area contributed by atoms with E-state index in [1.807, 2.05) is 62.4 Å². The second kappa shape index (κ2) is 8.78. The summed E-state index contributed by atoms with van der Waals surface area (Å²) in [4.78, 5) is 12.7. The van der Waals surface area contributed by atoms with Crippen molar-refractivity contribution in [3.8, 4) is 39.5 Å². The van der Waals surface area contributed by atoms with Gasteiger partial charge in [-0.2, -0.15) is 0 Å². The van der Waals surface area contributed by atoms with Gasteiger partial charge in [-0.3, -0.25) is 0 Å². The van der Waals surface area contributed by atoms with E-state index in [4.69, 9.17) is 18.9 Å². The highest BCUT2D eigenvalue weighted by Crippen LogP contribution is 2.46. The number of halogens is 1. The lowest BCUT2D eigenvalue weighted by Crippen LogP contribution is -2.12. The van der Waals surface area contributed by atoms with Crippen molar-refractivity contribution in [2.75, 3.05) is 14.2 Å². The van der Waals surface area contributed by atoms with Crippen LogP contribution in [0.4, 0.5) is 0 Å². The van der Waals surface area contributed by atoms with Crippen LogP contribution in [0.25, 0.3) is 22.3 Å². The Bertz CT molecular complexity index is 1150. The fraction of sp³-hybridized carbons (Fsp3) is 0.240. The van der Waals surface area contributed by atoms with E-state index in [-0.39, 0.29) is 6.10 Å². The zero-order valence-electron chi connectivity index (χ0n) is 17.8. The maximum absolute atomic E-state index is 12.7. The average Bonchev–Trinajstić information content (AvgIpc) is 2.77. The standard InChI is InChI=1S/C25H23IO5/c1-14(2)31-24-9-15-13-30-22-12-18(16-7-5-6-8-21(16)26)20(25(27)29-4)10-19(22)17(15)11-23(24)28-3/h5-12,14H,13H2,1-4H3. The maximum atomic E-state index is 12.7. The van der Waals surface area contributed by atoms with Crippen LogP contribution in [0.3, 0.4) is 0 Å². The zero-order chi connectivity index (χ0) is 22.1. The molecule has 0 spiro atoms. The summed E-state index contributed by atoms with van der Waals surface area (Å²) in [6, 6.07) is 15.6. The molecule has 0 saturated heterocycles. The van der Waals surface area contributed by atoms with Gasteiger partial charge in [0.15, 0.2) is 11.5 Å². The summed E-state index contributed by atoms with van der Waals surface area (Å²) in [6.07, 6.45) is 0.0191. The number of rotatable bonds is 5. The summed E-state index contributed by atoms with van der Waals surface area (Å²) < 4.78 is 23.7. The summed E-state index contributed by atoms with van der Waals surface area (Å²) in [5.41, 5.74) is 4.98. The SMILES string of the molecule is COC(=O)c1cc2c(cc1-c1ccccc1I)OCc1cc(OC(C)C)c(OC)cc1-2. The third-order valence-corrected chi connectivity index (χ3v) is 6.06. The summed E-state index contributed by atoms with van der Waals surface area (Å²) in [5, 5.41) is 0. The smallest absolute Gasteiger partial charge is 0.338 e. The van der Waals surface area contributed by atoms with Crippen molar-refractivity contribution >= 4 is 28.6 Å².